The number of fused-ring (bicyclic) bond motifs is 1. The van der Waals surface area contributed by atoms with E-state index < -0.39 is 0 Å². The van der Waals surface area contributed by atoms with Crippen LogP contribution in [0.2, 0.25) is 0 Å². The van der Waals surface area contributed by atoms with Gasteiger partial charge in [-0.3, -0.25) is 5.41 Å². The molecule has 0 amide bonds. The molecule has 0 spiro atoms. The average Bonchev–Trinajstić information content (AvgIpc) is 2.91. The van der Waals surface area contributed by atoms with Crippen LogP contribution in [0.5, 0.6) is 0 Å². The first-order chi connectivity index (χ1) is 9.78. The minimum Gasteiger partial charge on any atom is -0.478 e. The van der Waals surface area contributed by atoms with Crippen LogP contribution in [0.4, 0.5) is 0 Å². The second kappa shape index (κ2) is 5.43. The first-order valence-corrected chi connectivity index (χ1v) is 7.27. The van der Waals surface area contributed by atoms with Gasteiger partial charge in [-0.15, -0.1) is 11.3 Å². The van der Waals surface area contributed by atoms with Crippen LogP contribution in [0.25, 0.3) is 20.8 Å². The molecule has 3 nitrogen and oxygen atoms in total. The van der Waals surface area contributed by atoms with E-state index in [0.29, 0.717) is 6.61 Å². The fourth-order valence-electron chi connectivity index (χ4n) is 1.99. The first kappa shape index (κ1) is 12.8. The Morgan fingerprint density at radius 3 is 2.60 bits per heavy atom. The third-order valence-corrected chi connectivity index (χ3v) is 4.06. The Kier molecular flexibility index (Phi) is 3.48. The molecule has 20 heavy (non-hydrogen) atoms. The van der Waals surface area contributed by atoms with Crippen molar-refractivity contribution in [1.82, 2.24) is 4.98 Å². The molecule has 0 fully saturated rings. The van der Waals surface area contributed by atoms with Crippen molar-refractivity contribution in [2.45, 2.75) is 6.92 Å². The van der Waals surface area contributed by atoms with Crippen LogP contribution in [0.15, 0.2) is 48.5 Å². The van der Waals surface area contributed by atoms with Gasteiger partial charge in [0.05, 0.1) is 16.8 Å². The van der Waals surface area contributed by atoms with E-state index in [1.54, 1.807) is 11.3 Å². The first-order valence-electron chi connectivity index (χ1n) is 6.45. The number of rotatable bonds is 3. The van der Waals surface area contributed by atoms with E-state index in [-0.39, 0.29) is 5.90 Å². The van der Waals surface area contributed by atoms with Crippen LogP contribution in [-0.4, -0.2) is 17.5 Å². The van der Waals surface area contributed by atoms with Crippen molar-refractivity contribution in [3.8, 4) is 10.6 Å². The molecule has 2 aromatic carbocycles. The molecule has 0 aliphatic rings. The zero-order valence-corrected chi connectivity index (χ0v) is 11.9. The van der Waals surface area contributed by atoms with E-state index in [1.165, 1.54) is 4.70 Å². The lowest BCUT2D eigenvalue weighted by Crippen LogP contribution is -2.04. The monoisotopic (exact) mass is 282 g/mol. The largest absolute Gasteiger partial charge is 0.478 e. The number of hydrogen-bond acceptors (Lipinski definition) is 4. The van der Waals surface area contributed by atoms with Gasteiger partial charge in [0.1, 0.15) is 5.01 Å². The zero-order valence-electron chi connectivity index (χ0n) is 11.1. The Labute approximate surface area is 121 Å². The van der Waals surface area contributed by atoms with E-state index in [2.05, 4.69) is 11.1 Å². The summed E-state index contributed by atoms with van der Waals surface area (Å²) in [5, 5.41) is 8.76. The molecule has 100 valence electrons. The van der Waals surface area contributed by atoms with Gasteiger partial charge in [-0.1, -0.05) is 24.3 Å². The number of hydrogen-bond donors (Lipinski definition) is 1. The molecule has 1 heterocycles. The maximum absolute atomic E-state index is 7.76. The average molecular weight is 282 g/mol. The van der Waals surface area contributed by atoms with Gasteiger partial charge in [-0.2, -0.15) is 0 Å². The summed E-state index contributed by atoms with van der Waals surface area (Å²) in [6.45, 7) is 2.39. The molecular weight excluding hydrogens is 268 g/mol. The van der Waals surface area contributed by atoms with Crippen LogP contribution in [0.3, 0.4) is 0 Å². The highest BCUT2D eigenvalue weighted by atomic mass is 32.1. The molecule has 0 aliphatic carbocycles. The minimum absolute atomic E-state index is 0.211. The lowest BCUT2D eigenvalue weighted by molar-refractivity contribution is 0.325. The molecule has 0 saturated heterocycles. The van der Waals surface area contributed by atoms with E-state index >= 15 is 0 Å². The maximum Gasteiger partial charge on any atom is 0.213 e. The highest BCUT2D eigenvalue weighted by Crippen LogP contribution is 2.29. The highest BCUT2D eigenvalue weighted by Gasteiger charge is 2.07. The van der Waals surface area contributed by atoms with Gasteiger partial charge >= 0.3 is 0 Å². The van der Waals surface area contributed by atoms with E-state index in [9.17, 15) is 0 Å². The molecule has 0 unspecified atom stereocenters. The number of thiazole rings is 1. The number of para-hydroxylation sites is 1. The van der Waals surface area contributed by atoms with Crippen LogP contribution < -0.4 is 0 Å². The fourth-order valence-corrected chi connectivity index (χ4v) is 2.96. The Hall–Kier alpha value is -2.20. The summed E-state index contributed by atoms with van der Waals surface area (Å²) in [5.74, 6) is 0.211. The molecule has 0 aliphatic heterocycles. The highest BCUT2D eigenvalue weighted by molar-refractivity contribution is 7.21. The lowest BCUT2D eigenvalue weighted by atomic mass is 10.1. The molecular formula is C16H14N2OS. The van der Waals surface area contributed by atoms with Gasteiger partial charge in [0, 0.05) is 11.1 Å². The van der Waals surface area contributed by atoms with E-state index in [1.807, 2.05) is 49.4 Å². The Bertz CT molecular complexity index is 714. The van der Waals surface area contributed by atoms with Crippen molar-refractivity contribution >= 4 is 27.5 Å². The summed E-state index contributed by atoms with van der Waals surface area (Å²) >= 11 is 1.68. The maximum atomic E-state index is 7.76. The van der Waals surface area contributed by atoms with Gasteiger partial charge in [0.2, 0.25) is 5.90 Å². The second-order valence-corrected chi connectivity index (χ2v) is 5.36. The summed E-state index contributed by atoms with van der Waals surface area (Å²) in [6.07, 6.45) is 0. The summed E-state index contributed by atoms with van der Waals surface area (Å²) in [5.41, 5.74) is 2.88. The summed E-state index contributed by atoms with van der Waals surface area (Å²) < 4.78 is 6.38. The summed E-state index contributed by atoms with van der Waals surface area (Å²) in [7, 11) is 0. The number of ether oxygens (including phenoxy) is 1. The van der Waals surface area contributed by atoms with Crippen molar-refractivity contribution < 1.29 is 4.74 Å². The molecule has 3 aromatic rings. The lowest BCUT2D eigenvalue weighted by Gasteiger charge is -2.05. The van der Waals surface area contributed by atoms with Gasteiger partial charge in [0.15, 0.2) is 0 Å². The van der Waals surface area contributed by atoms with Crippen LogP contribution >= 0.6 is 11.3 Å². The second-order valence-electron chi connectivity index (χ2n) is 4.33. The number of nitrogens with zero attached hydrogens (tertiary/aromatic N) is 1. The van der Waals surface area contributed by atoms with Gasteiger partial charge in [-0.05, 0) is 31.2 Å². The molecule has 0 bridgehead atoms. The Morgan fingerprint density at radius 2 is 1.90 bits per heavy atom. The smallest absolute Gasteiger partial charge is 0.213 e. The molecule has 3 rings (SSSR count). The quantitative estimate of drug-likeness (QED) is 0.574. The summed E-state index contributed by atoms with van der Waals surface area (Å²) in [4.78, 5) is 4.63. The molecule has 1 N–H and O–H groups in total. The van der Waals surface area contributed by atoms with Crippen molar-refractivity contribution in [2.75, 3.05) is 6.61 Å². The standard InChI is InChI=1S/C16H14N2OS/c1-2-19-15(17)11-7-9-12(10-8-11)16-18-13-5-3-4-6-14(13)20-16/h3-10,17H,2H2,1H3. The van der Waals surface area contributed by atoms with Crippen LogP contribution in [0.1, 0.15) is 12.5 Å². The molecule has 0 atom stereocenters. The van der Waals surface area contributed by atoms with E-state index in [4.69, 9.17) is 10.1 Å². The van der Waals surface area contributed by atoms with Crippen molar-refractivity contribution in [1.29, 1.82) is 5.41 Å². The molecule has 1 aromatic heterocycles. The van der Waals surface area contributed by atoms with Crippen LogP contribution in [0, 0.1) is 5.41 Å². The predicted molar refractivity (Wildman–Crippen MR) is 83.5 cm³/mol. The molecule has 0 radical (unpaired) electrons. The van der Waals surface area contributed by atoms with Crippen molar-refractivity contribution in [3.63, 3.8) is 0 Å². The Morgan fingerprint density at radius 1 is 1.15 bits per heavy atom. The predicted octanol–water partition coefficient (Wildman–Crippen LogP) is 4.33. The van der Waals surface area contributed by atoms with Gasteiger partial charge in [-0.25, -0.2) is 4.98 Å². The number of aromatic nitrogens is 1. The van der Waals surface area contributed by atoms with Gasteiger partial charge < -0.3 is 4.74 Å². The van der Waals surface area contributed by atoms with Crippen molar-refractivity contribution in [2.24, 2.45) is 0 Å². The fraction of sp³-hybridized carbons (Fsp3) is 0.125. The minimum atomic E-state index is 0.211. The topological polar surface area (TPSA) is 46.0 Å². The molecule has 0 saturated carbocycles. The zero-order chi connectivity index (χ0) is 13.9. The Balaban J connectivity index is 1.92. The third-order valence-electron chi connectivity index (χ3n) is 2.98. The van der Waals surface area contributed by atoms with Crippen molar-refractivity contribution in [3.05, 3.63) is 54.1 Å². The molecule has 4 heteroatoms. The normalized spacial score (nSPS) is 10.7. The SMILES string of the molecule is CCOC(=N)c1ccc(-c2nc3ccccc3s2)cc1. The van der Waals surface area contributed by atoms with E-state index in [0.717, 1.165) is 21.7 Å². The van der Waals surface area contributed by atoms with Gasteiger partial charge in [0.25, 0.3) is 0 Å². The van der Waals surface area contributed by atoms with Crippen LogP contribution in [-0.2, 0) is 4.74 Å². The number of benzene rings is 2. The summed E-state index contributed by atoms with van der Waals surface area (Å²) in [6, 6.07) is 15.9. The third kappa shape index (κ3) is 2.42. The number of nitrogens with one attached hydrogen (secondary N) is 1.